The molecule has 31 heavy (non-hydrogen) atoms. The quantitative estimate of drug-likeness (QED) is 0.559. The third kappa shape index (κ3) is 7.94. The maximum Gasteiger partial charge on any atom is 0.242 e. The predicted molar refractivity (Wildman–Crippen MR) is 128 cm³/mol. The van der Waals surface area contributed by atoms with Crippen LogP contribution in [-0.4, -0.2) is 42.2 Å². The first kappa shape index (κ1) is 24.8. The number of methoxy groups -OCH3 is 1. The van der Waals surface area contributed by atoms with E-state index < -0.39 is 6.04 Å². The van der Waals surface area contributed by atoms with Crippen molar-refractivity contribution in [2.45, 2.75) is 46.0 Å². The Morgan fingerprint density at radius 1 is 1.10 bits per heavy atom. The van der Waals surface area contributed by atoms with Crippen LogP contribution in [0.1, 0.15) is 37.5 Å². The second-order valence-electron chi connectivity index (χ2n) is 8.11. The number of nitrogens with one attached hydrogen (secondary N) is 1. The zero-order valence-corrected chi connectivity index (χ0v) is 20.0. The number of hydrogen-bond donors (Lipinski definition) is 1. The van der Waals surface area contributed by atoms with Crippen molar-refractivity contribution in [3.05, 3.63) is 65.2 Å². The summed E-state index contributed by atoms with van der Waals surface area (Å²) in [5, 5.41) is 2.95. The van der Waals surface area contributed by atoms with Crippen LogP contribution < -0.4 is 10.1 Å². The minimum absolute atomic E-state index is 0.0476. The number of benzene rings is 2. The lowest BCUT2D eigenvalue weighted by molar-refractivity contribution is -0.138. The Bertz CT molecular complexity index is 869. The smallest absolute Gasteiger partial charge is 0.242 e. The number of amides is 2. The number of carbonyl (C=O) groups is 2. The second kappa shape index (κ2) is 12.4. The standard InChI is InChI=1S/C25H34N2O3S/c1-18(2)14-26-25(29)20(4)27(15-21-10-8-12-23(13-21)30-5)24(28)17-31-16-22-11-7-6-9-19(22)3/h6-13,18,20H,14-17H2,1-5H3,(H,26,29)/t20-/m0/s1. The summed E-state index contributed by atoms with van der Waals surface area (Å²) in [6.45, 7) is 8.91. The fraction of sp³-hybridized carbons (Fsp3) is 0.440. The lowest BCUT2D eigenvalue weighted by Crippen LogP contribution is -2.48. The number of rotatable bonds is 11. The Morgan fingerprint density at radius 2 is 1.84 bits per heavy atom. The molecule has 0 saturated carbocycles. The topological polar surface area (TPSA) is 58.6 Å². The molecule has 0 unspecified atom stereocenters. The summed E-state index contributed by atoms with van der Waals surface area (Å²) in [5.41, 5.74) is 3.37. The van der Waals surface area contributed by atoms with Gasteiger partial charge in [-0.05, 0) is 48.6 Å². The monoisotopic (exact) mass is 442 g/mol. The zero-order chi connectivity index (χ0) is 22.8. The van der Waals surface area contributed by atoms with E-state index >= 15 is 0 Å². The number of nitrogens with zero attached hydrogens (tertiary/aromatic N) is 1. The molecule has 5 nitrogen and oxygen atoms in total. The van der Waals surface area contributed by atoms with Gasteiger partial charge in [0, 0.05) is 18.8 Å². The van der Waals surface area contributed by atoms with Crippen molar-refractivity contribution in [2.24, 2.45) is 5.92 Å². The average molecular weight is 443 g/mol. The molecular weight excluding hydrogens is 408 g/mol. The molecule has 0 saturated heterocycles. The summed E-state index contributed by atoms with van der Waals surface area (Å²) >= 11 is 1.57. The predicted octanol–water partition coefficient (Wildman–Crippen LogP) is 4.43. The van der Waals surface area contributed by atoms with E-state index in [-0.39, 0.29) is 11.8 Å². The van der Waals surface area contributed by atoms with Crippen molar-refractivity contribution < 1.29 is 14.3 Å². The number of ether oxygens (including phenoxy) is 1. The van der Waals surface area contributed by atoms with Gasteiger partial charge in [-0.2, -0.15) is 0 Å². The fourth-order valence-electron chi connectivity index (χ4n) is 3.11. The third-order valence-corrected chi connectivity index (χ3v) is 6.05. The summed E-state index contributed by atoms with van der Waals surface area (Å²) in [6.07, 6.45) is 0. The molecule has 2 aromatic carbocycles. The van der Waals surface area contributed by atoms with Crippen molar-refractivity contribution >= 4 is 23.6 Å². The van der Waals surface area contributed by atoms with Crippen LogP contribution in [0, 0.1) is 12.8 Å². The fourth-order valence-corrected chi connectivity index (χ4v) is 4.09. The first-order valence-electron chi connectivity index (χ1n) is 10.6. The van der Waals surface area contributed by atoms with Crippen LogP contribution in [0.15, 0.2) is 48.5 Å². The summed E-state index contributed by atoms with van der Waals surface area (Å²) in [4.78, 5) is 27.5. The molecule has 0 aliphatic rings. The Labute approximate surface area is 190 Å². The van der Waals surface area contributed by atoms with Crippen molar-refractivity contribution in [3.8, 4) is 5.75 Å². The molecule has 0 aliphatic carbocycles. The van der Waals surface area contributed by atoms with Crippen molar-refractivity contribution in [2.75, 3.05) is 19.4 Å². The van der Waals surface area contributed by atoms with Crippen LogP contribution in [0.5, 0.6) is 5.75 Å². The first-order chi connectivity index (χ1) is 14.8. The van der Waals surface area contributed by atoms with Crippen molar-refractivity contribution in [1.29, 1.82) is 0 Å². The molecule has 0 bridgehead atoms. The highest BCUT2D eigenvalue weighted by molar-refractivity contribution is 7.99. The van der Waals surface area contributed by atoms with Crippen LogP contribution in [-0.2, 0) is 21.9 Å². The molecule has 0 spiro atoms. The number of hydrogen-bond acceptors (Lipinski definition) is 4. The van der Waals surface area contributed by atoms with Gasteiger partial charge in [-0.15, -0.1) is 11.8 Å². The number of thioether (sulfide) groups is 1. The Kier molecular flexibility index (Phi) is 9.92. The average Bonchev–Trinajstić information content (AvgIpc) is 2.76. The molecule has 2 aromatic rings. The molecule has 0 fully saturated rings. The van der Waals surface area contributed by atoms with E-state index in [0.29, 0.717) is 24.8 Å². The van der Waals surface area contributed by atoms with Crippen molar-refractivity contribution in [1.82, 2.24) is 10.2 Å². The molecule has 0 aliphatic heterocycles. The molecule has 6 heteroatoms. The highest BCUT2D eigenvalue weighted by Crippen LogP contribution is 2.19. The zero-order valence-electron chi connectivity index (χ0n) is 19.2. The molecule has 2 amide bonds. The third-order valence-electron chi connectivity index (χ3n) is 5.08. The molecule has 0 heterocycles. The molecule has 1 atom stereocenters. The van der Waals surface area contributed by atoms with E-state index in [1.54, 1.807) is 30.7 Å². The van der Waals surface area contributed by atoms with Gasteiger partial charge in [0.1, 0.15) is 11.8 Å². The van der Waals surface area contributed by atoms with E-state index in [9.17, 15) is 9.59 Å². The SMILES string of the molecule is COc1cccc(CN(C(=O)CSCc2ccccc2C)[C@@H](C)C(=O)NCC(C)C)c1. The lowest BCUT2D eigenvalue weighted by atomic mass is 10.1. The van der Waals surface area contributed by atoms with Gasteiger partial charge in [-0.25, -0.2) is 0 Å². The highest BCUT2D eigenvalue weighted by atomic mass is 32.2. The van der Waals surface area contributed by atoms with Crippen LogP contribution in [0.2, 0.25) is 0 Å². The van der Waals surface area contributed by atoms with E-state index in [0.717, 1.165) is 17.1 Å². The van der Waals surface area contributed by atoms with Gasteiger partial charge in [-0.3, -0.25) is 9.59 Å². The number of aryl methyl sites for hydroxylation is 1. The normalized spacial score (nSPS) is 11.8. The van der Waals surface area contributed by atoms with Gasteiger partial charge < -0.3 is 15.0 Å². The Morgan fingerprint density at radius 3 is 2.52 bits per heavy atom. The Hall–Kier alpha value is -2.47. The summed E-state index contributed by atoms with van der Waals surface area (Å²) in [6, 6.07) is 15.2. The second-order valence-corrected chi connectivity index (χ2v) is 9.09. The molecule has 0 radical (unpaired) electrons. The maximum absolute atomic E-state index is 13.2. The van der Waals surface area contributed by atoms with Crippen LogP contribution in [0.25, 0.3) is 0 Å². The molecule has 1 N–H and O–H groups in total. The summed E-state index contributed by atoms with van der Waals surface area (Å²) in [5.74, 6) is 1.99. The lowest BCUT2D eigenvalue weighted by Gasteiger charge is -2.29. The first-order valence-corrected chi connectivity index (χ1v) is 11.8. The van der Waals surface area contributed by atoms with Gasteiger partial charge in [0.2, 0.25) is 11.8 Å². The summed E-state index contributed by atoms with van der Waals surface area (Å²) < 4.78 is 5.31. The van der Waals surface area contributed by atoms with Gasteiger partial charge in [0.15, 0.2) is 0 Å². The van der Waals surface area contributed by atoms with Crippen LogP contribution >= 0.6 is 11.8 Å². The van der Waals surface area contributed by atoms with Gasteiger partial charge in [0.05, 0.1) is 12.9 Å². The van der Waals surface area contributed by atoms with E-state index in [2.05, 4.69) is 24.4 Å². The van der Waals surface area contributed by atoms with E-state index in [1.807, 2.05) is 50.2 Å². The minimum Gasteiger partial charge on any atom is -0.497 e. The van der Waals surface area contributed by atoms with Gasteiger partial charge >= 0.3 is 0 Å². The summed E-state index contributed by atoms with van der Waals surface area (Å²) in [7, 11) is 1.62. The molecule has 168 valence electrons. The van der Waals surface area contributed by atoms with Gasteiger partial charge in [0.25, 0.3) is 0 Å². The molecule has 0 aromatic heterocycles. The van der Waals surface area contributed by atoms with Crippen LogP contribution in [0.3, 0.4) is 0 Å². The maximum atomic E-state index is 13.2. The molecule has 2 rings (SSSR count). The molecular formula is C25H34N2O3S. The highest BCUT2D eigenvalue weighted by Gasteiger charge is 2.26. The van der Waals surface area contributed by atoms with E-state index in [4.69, 9.17) is 4.74 Å². The van der Waals surface area contributed by atoms with Crippen molar-refractivity contribution in [3.63, 3.8) is 0 Å². The largest absolute Gasteiger partial charge is 0.497 e. The minimum atomic E-state index is -0.559. The number of carbonyl (C=O) groups excluding carboxylic acids is 2. The van der Waals surface area contributed by atoms with Crippen LogP contribution in [0.4, 0.5) is 0 Å². The Balaban J connectivity index is 2.10. The van der Waals surface area contributed by atoms with Gasteiger partial charge in [-0.1, -0.05) is 50.2 Å². The van der Waals surface area contributed by atoms with E-state index in [1.165, 1.54) is 11.1 Å².